The SMILES string of the molecule is Cc1cc2c(oc3ccccc32)c(-c2c3ccc([Si](C)(C)C)cc3cc[n+]2C)c1C. The van der Waals surface area contributed by atoms with Crippen molar-refractivity contribution in [2.45, 2.75) is 33.5 Å². The summed E-state index contributed by atoms with van der Waals surface area (Å²) in [6.45, 7) is 11.6. The molecule has 5 aromatic rings. The van der Waals surface area contributed by atoms with Gasteiger partial charge in [0.25, 0.3) is 0 Å². The molecule has 150 valence electrons. The van der Waals surface area contributed by atoms with Crippen LogP contribution < -0.4 is 9.75 Å². The predicted molar refractivity (Wildman–Crippen MR) is 130 cm³/mol. The van der Waals surface area contributed by atoms with Crippen molar-refractivity contribution in [1.82, 2.24) is 0 Å². The number of furan rings is 1. The fourth-order valence-corrected chi connectivity index (χ4v) is 5.69. The Morgan fingerprint density at radius 1 is 0.833 bits per heavy atom. The highest BCUT2D eigenvalue weighted by atomic mass is 28.3. The third kappa shape index (κ3) is 2.80. The first-order chi connectivity index (χ1) is 14.3. The normalized spacial score (nSPS) is 12.3. The maximum atomic E-state index is 6.45. The van der Waals surface area contributed by atoms with Gasteiger partial charge in [0.2, 0.25) is 5.69 Å². The summed E-state index contributed by atoms with van der Waals surface area (Å²) in [5.41, 5.74) is 6.92. The second kappa shape index (κ2) is 6.54. The van der Waals surface area contributed by atoms with Gasteiger partial charge in [0, 0.05) is 16.8 Å². The minimum absolute atomic E-state index is 0.947. The van der Waals surface area contributed by atoms with Crippen molar-refractivity contribution in [3.8, 4) is 11.3 Å². The van der Waals surface area contributed by atoms with Crippen LogP contribution in [0.3, 0.4) is 0 Å². The van der Waals surface area contributed by atoms with Gasteiger partial charge < -0.3 is 4.42 Å². The molecule has 3 heteroatoms. The van der Waals surface area contributed by atoms with Crippen LogP contribution in [-0.2, 0) is 7.05 Å². The third-order valence-corrected chi connectivity index (χ3v) is 8.47. The van der Waals surface area contributed by atoms with Crippen LogP contribution in [0.1, 0.15) is 11.1 Å². The lowest BCUT2D eigenvalue weighted by atomic mass is 9.94. The average molecular weight is 411 g/mol. The Kier molecular flexibility index (Phi) is 4.16. The highest BCUT2D eigenvalue weighted by Crippen LogP contribution is 2.40. The van der Waals surface area contributed by atoms with Crippen molar-refractivity contribution in [3.05, 3.63) is 71.9 Å². The predicted octanol–water partition coefficient (Wildman–Crippen LogP) is 6.39. The average Bonchev–Trinajstić information content (AvgIpc) is 3.07. The molecule has 0 radical (unpaired) electrons. The van der Waals surface area contributed by atoms with E-state index < -0.39 is 8.07 Å². The molecule has 0 aliphatic heterocycles. The number of hydrogen-bond donors (Lipinski definition) is 0. The van der Waals surface area contributed by atoms with Gasteiger partial charge >= 0.3 is 0 Å². The number of pyridine rings is 1. The third-order valence-electron chi connectivity index (χ3n) is 6.43. The summed E-state index contributed by atoms with van der Waals surface area (Å²) < 4.78 is 8.69. The van der Waals surface area contributed by atoms with Crippen LogP contribution in [0.25, 0.3) is 44.0 Å². The van der Waals surface area contributed by atoms with Gasteiger partial charge in [-0.05, 0) is 48.6 Å². The summed E-state index contributed by atoms with van der Waals surface area (Å²) in [6.07, 6.45) is 2.18. The van der Waals surface area contributed by atoms with E-state index in [1.807, 2.05) is 6.07 Å². The second-order valence-electron chi connectivity index (χ2n) is 9.50. The standard InChI is InChI=1S/C27H28NOSi/c1-17-15-23-22-9-7-8-10-24(22)29-27(23)25(18(17)2)26-21-12-11-20(30(4,5)6)16-19(21)13-14-28(26)3/h7-16H,1-6H3/q+1. The van der Waals surface area contributed by atoms with E-state index in [-0.39, 0.29) is 0 Å². The summed E-state index contributed by atoms with van der Waals surface area (Å²) in [6, 6.07) is 19.9. The molecule has 30 heavy (non-hydrogen) atoms. The summed E-state index contributed by atoms with van der Waals surface area (Å²) in [7, 11) is 0.764. The smallest absolute Gasteiger partial charge is 0.224 e. The molecular formula is C27H28NOSi+. The highest BCUT2D eigenvalue weighted by Gasteiger charge is 2.25. The largest absolute Gasteiger partial charge is 0.455 e. The molecule has 3 aromatic carbocycles. The van der Waals surface area contributed by atoms with Gasteiger partial charge in [0.15, 0.2) is 6.20 Å². The number of nitrogens with zero attached hydrogens (tertiary/aromatic N) is 1. The number of rotatable bonds is 2. The van der Waals surface area contributed by atoms with Gasteiger partial charge in [-0.2, -0.15) is 0 Å². The van der Waals surface area contributed by atoms with E-state index in [1.54, 1.807) is 0 Å². The fraction of sp³-hybridized carbons (Fsp3) is 0.222. The van der Waals surface area contributed by atoms with Crippen molar-refractivity contribution < 1.29 is 8.98 Å². The molecule has 5 rings (SSSR count). The molecule has 2 nitrogen and oxygen atoms in total. The highest BCUT2D eigenvalue weighted by molar-refractivity contribution is 6.88. The molecule has 0 N–H and O–H groups in total. The minimum atomic E-state index is -1.37. The Hall–Kier alpha value is -2.91. The maximum absolute atomic E-state index is 6.45. The van der Waals surface area contributed by atoms with Crippen LogP contribution in [0, 0.1) is 13.8 Å². The fourth-order valence-electron chi connectivity index (χ4n) is 4.52. The Morgan fingerprint density at radius 3 is 2.37 bits per heavy atom. The molecular weight excluding hydrogens is 382 g/mol. The van der Waals surface area contributed by atoms with Crippen molar-refractivity contribution >= 4 is 46.0 Å². The number of para-hydroxylation sites is 1. The van der Waals surface area contributed by atoms with E-state index in [1.165, 1.54) is 49.1 Å². The molecule has 0 fully saturated rings. The van der Waals surface area contributed by atoms with E-state index in [0.717, 1.165) is 11.2 Å². The zero-order valence-corrected chi connectivity index (χ0v) is 19.6. The summed E-state index contributed by atoms with van der Waals surface area (Å²) in [5, 5.41) is 6.44. The van der Waals surface area contributed by atoms with E-state index in [2.05, 4.69) is 99.8 Å². The molecule has 0 aliphatic rings. The van der Waals surface area contributed by atoms with Crippen LogP contribution in [0.15, 0.2) is 65.2 Å². The number of fused-ring (bicyclic) bond motifs is 4. The van der Waals surface area contributed by atoms with E-state index >= 15 is 0 Å². The molecule has 2 aromatic heterocycles. The van der Waals surface area contributed by atoms with Crippen LogP contribution in [0.2, 0.25) is 19.6 Å². The molecule has 2 heterocycles. The minimum Gasteiger partial charge on any atom is -0.455 e. The Labute approximate surface area is 178 Å². The van der Waals surface area contributed by atoms with Gasteiger partial charge in [-0.15, -0.1) is 0 Å². The van der Waals surface area contributed by atoms with Crippen molar-refractivity contribution in [2.24, 2.45) is 7.05 Å². The number of aryl methyl sites for hydroxylation is 2. The number of hydrogen-bond acceptors (Lipinski definition) is 1. The molecule has 0 bridgehead atoms. The van der Waals surface area contributed by atoms with Crippen LogP contribution in [0.4, 0.5) is 0 Å². The summed E-state index contributed by atoms with van der Waals surface area (Å²) >= 11 is 0. The molecule has 0 saturated heterocycles. The first kappa shape index (κ1) is 19.1. The second-order valence-corrected chi connectivity index (χ2v) is 14.6. The summed E-state index contributed by atoms with van der Waals surface area (Å²) in [5.74, 6) is 0. The van der Waals surface area contributed by atoms with Gasteiger partial charge in [0.05, 0.1) is 19.0 Å². The van der Waals surface area contributed by atoms with E-state index in [9.17, 15) is 0 Å². The lowest BCUT2D eigenvalue weighted by Crippen LogP contribution is -2.37. The molecule has 0 saturated carbocycles. The van der Waals surface area contributed by atoms with Gasteiger partial charge in [-0.25, -0.2) is 4.57 Å². The Morgan fingerprint density at radius 2 is 1.60 bits per heavy atom. The van der Waals surface area contributed by atoms with Gasteiger partial charge in [-0.3, -0.25) is 0 Å². The zero-order valence-electron chi connectivity index (χ0n) is 18.6. The van der Waals surface area contributed by atoms with Crippen molar-refractivity contribution in [2.75, 3.05) is 0 Å². The van der Waals surface area contributed by atoms with Crippen molar-refractivity contribution in [1.29, 1.82) is 0 Å². The van der Waals surface area contributed by atoms with E-state index in [0.29, 0.717) is 0 Å². The van der Waals surface area contributed by atoms with E-state index in [4.69, 9.17) is 4.42 Å². The summed E-state index contributed by atoms with van der Waals surface area (Å²) in [4.78, 5) is 0. The van der Waals surface area contributed by atoms with Gasteiger partial charge in [0.1, 0.15) is 18.2 Å². The van der Waals surface area contributed by atoms with Crippen LogP contribution in [0.5, 0.6) is 0 Å². The quantitative estimate of drug-likeness (QED) is 0.243. The molecule has 0 amide bonds. The number of aromatic nitrogens is 1. The topological polar surface area (TPSA) is 17.0 Å². The molecule has 0 aliphatic carbocycles. The van der Waals surface area contributed by atoms with Crippen LogP contribution >= 0.6 is 0 Å². The monoisotopic (exact) mass is 410 g/mol. The molecule has 0 atom stereocenters. The van der Waals surface area contributed by atoms with Crippen LogP contribution in [-0.4, -0.2) is 8.07 Å². The lowest BCUT2D eigenvalue weighted by molar-refractivity contribution is -0.659. The van der Waals surface area contributed by atoms with Crippen molar-refractivity contribution in [3.63, 3.8) is 0 Å². The molecule has 0 unspecified atom stereocenters. The lowest BCUT2D eigenvalue weighted by Gasteiger charge is -2.17. The Balaban J connectivity index is 1.92. The first-order valence-corrected chi connectivity index (χ1v) is 14.1. The molecule has 0 spiro atoms. The van der Waals surface area contributed by atoms with Gasteiger partial charge in [-0.1, -0.05) is 55.2 Å². The maximum Gasteiger partial charge on any atom is 0.224 e. The zero-order chi connectivity index (χ0) is 21.2. The first-order valence-electron chi connectivity index (χ1n) is 10.6. The number of benzene rings is 3. The Bertz CT molecular complexity index is 1450.